The van der Waals surface area contributed by atoms with Crippen LogP contribution in [0.4, 0.5) is 4.79 Å². The van der Waals surface area contributed by atoms with E-state index in [9.17, 15) is 14.4 Å². The van der Waals surface area contributed by atoms with Gasteiger partial charge in [0.25, 0.3) is 11.8 Å². The number of fused-ring (bicyclic) bond motifs is 2. The number of alkyl carbamates (subject to hydrolysis) is 1. The molecular weight excluding hydrogens is 1040 g/mol. The van der Waals surface area contributed by atoms with E-state index in [4.69, 9.17) is 41.7 Å². The topological polar surface area (TPSA) is 239 Å². The molecule has 0 fully saturated rings. The maximum atomic E-state index is 12.9. The predicted octanol–water partition coefficient (Wildman–Crippen LogP) is 10.0. The molecule has 0 saturated heterocycles. The second kappa shape index (κ2) is 28.5. The van der Waals surface area contributed by atoms with Gasteiger partial charge in [-0.15, -0.1) is 0 Å². The molecule has 20 heteroatoms. The van der Waals surface area contributed by atoms with Crippen molar-refractivity contribution in [2.75, 3.05) is 13.1 Å². The van der Waals surface area contributed by atoms with Crippen molar-refractivity contribution < 1.29 is 28.8 Å². The number of aryl methyl sites for hydroxylation is 2. The van der Waals surface area contributed by atoms with Crippen LogP contribution in [0.3, 0.4) is 0 Å². The van der Waals surface area contributed by atoms with E-state index in [0.717, 1.165) is 65.1 Å². The average molecular weight is 1100 g/mol. The van der Waals surface area contributed by atoms with Crippen LogP contribution in [0.15, 0.2) is 183 Å². The molecule has 0 unspecified atom stereocenters. The number of carbonyl (C=O) groups excluding carboxylic acids is 3. The summed E-state index contributed by atoms with van der Waals surface area (Å²) in [6.07, 6.45) is 12.0. The third-order valence-electron chi connectivity index (χ3n) is 12.2. The van der Waals surface area contributed by atoms with Crippen molar-refractivity contribution >= 4 is 59.3 Å². The van der Waals surface area contributed by atoms with Crippen LogP contribution in [0.25, 0.3) is 55.8 Å². The molecule has 0 saturated carbocycles. The fourth-order valence-electron chi connectivity index (χ4n) is 8.15. The van der Waals surface area contributed by atoms with Gasteiger partial charge in [-0.3, -0.25) is 9.59 Å². The molecule has 411 valence electrons. The molecular formula is C61H61BClN12O6. The third kappa shape index (κ3) is 17.1. The molecule has 0 aliphatic rings. The maximum absolute atomic E-state index is 12.9. The standard InChI is InChI=1S/C33H34N6O3.C21H18ClN5O.C7H9BNO2/c1-33(2,3)42-32(41)36-21-23-10-12-25(13-11-23)30-29(24-8-5-4-6-9-24)38-28-20-26(14-15-27(28)37-30)31(40)35-16-7-18-39-19-17-34-22-39;22-20-19(15-5-2-1-3-6-15)25-18-13-16(7-8-17(18)26-20)21(28)24-9-4-11-27-12-10-23-14-27;9-5-6-1-3-7(4-2-6)11-8-10/h4-6,8-15,17,19-20,22H,7,16,18,21H2,1-3H3,(H,35,40)(H,36,41);1-3,5-8,10,12-14H,4,9,11H2,(H,24,28);1-4,10H,5,9H2. The zero-order valence-corrected chi connectivity index (χ0v) is 45.8. The summed E-state index contributed by atoms with van der Waals surface area (Å²) < 4.78 is 14.0. The van der Waals surface area contributed by atoms with Crippen LogP contribution in [-0.2, 0) is 30.9 Å². The quantitative estimate of drug-likeness (QED) is 0.0398. The monoisotopic (exact) mass is 1100 g/mol. The molecule has 10 rings (SSSR count). The Hall–Kier alpha value is -9.30. The summed E-state index contributed by atoms with van der Waals surface area (Å²) in [5.41, 5.74) is 15.3. The Labute approximate surface area is 475 Å². The van der Waals surface area contributed by atoms with Crippen molar-refractivity contribution in [3.8, 4) is 39.5 Å². The molecule has 18 nitrogen and oxygen atoms in total. The highest BCUT2D eigenvalue weighted by atomic mass is 35.5. The highest BCUT2D eigenvalue weighted by molar-refractivity contribution is 6.32. The summed E-state index contributed by atoms with van der Waals surface area (Å²) in [5, 5.41) is 17.3. The van der Waals surface area contributed by atoms with Crippen LogP contribution in [0, 0.1) is 0 Å². The minimum Gasteiger partial charge on any atom is -0.537 e. The molecule has 4 heterocycles. The molecule has 3 amide bonds. The Morgan fingerprint density at radius 2 is 1.07 bits per heavy atom. The van der Waals surface area contributed by atoms with Gasteiger partial charge in [0.2, 0.25) is 0 Å². The summed E-state index contributed by atoms with van der Waals surface area (Å²) in [6, 6.07) is 45.2. The van der Waals surface area contributed by atoms with Gasteiger partial charge in [0.15, 0.2) is 5.15 Å². The van der Waals surface area contributed by atoms with Gasteiger partial charge in [0, 0.05) is 91.9 Å². The van der Waals surface area contributed by atoms with Crippen LogP contribution in [0.2, 0.25) is 5.15 Å². The molecule has 4 aromatic heterocycles. The van der Waals surface area contributed by atoms with E-state index in [2.05, 4.69) is 35.9 Å². The average Bonchev–Trinajstić information content (AvgIpc) is 4.27. The molecule has 0 atom stereocenters. The molecule has 0 aliphatic heterocycles. The smallest absolute Gasteiger partial charge is 0.537 e. The number of nitrogens with zero attached hydrogens (tertiary/aromatic N) is 8. The Kier molecular flexibility index (Phi) is 20.4. The number of hydrogen-bond donors (Lipinski definition) is 5. The lowest BCUT2D eigenvalue weighted by Gasteiger charge is -2.19. The molecule has 0 aliphatic carbocycles. The van der Waals surface area contributed by atoms with E-state index in [-0.39, 0.29) is 11.8 Å². The highest BCUT2D eigenvalue weighted by Gasteiger charge is 2.18. The van der Waals surface area contributed by atoms with E-state index in [1.807, 2.05) is 145 Å². The summed E-state index contributed by atoms with van der Waals surface area (Å²) in [7, 11) is 0.650. The van der Waals surface area contributed by atoms with E-state index in [1.54, 1.807) is 67.5 Å². The number of ether oxygens (including phenoxy) is 1. The van der Waals surface area contributed by atoms with Crippen LogP contribution < -0.4 is 26.3 Å². The lowest BCUT2D eigenvalue weighted by atomic mass is 10.0. The van der Waals surface area contributed by atoms with Crippen molar-refractivity contribution in [2.45, 2.75) is 65.4 Å². The van der Waals surface area contributed by atoms with Gasteiger partial charge in [-0.25, -0.2) is 34.7 Å². The number of imidazole rings is 2. The van der Waals surface area contributed by atoms with Crippen LogP contribution in [-0.4, -0.2) is 88.3 Å². The van der Waals surface area contributed by atoms with Gasteiger partial charge >= 0.3 is 13.8 Å². The van der Waals surface area contributed by atoms with Crippen molar-refractivity contribution in [3.63, 3.8) is 0 Å². The Morgan fingerprint density at radius 1 is 0.593 bits per heavy atom. The summed E-state index contributed by atoms with van der Waals surface area (Å²) in [6.45, 7) is 9.08. The summed E-state index contributed by atoms with van der Waals surface area (Å²) in [5.74, 6) is 0.320. The minimum atomic E-state index is -0.553. The zero-order chi connectivity index (χ0) is 57.0. The summed E-state index contributed by atoms with van der Waals surface area (Å²) in [4.78, 5) is 64.4. The van der Waals surface area contributed by atoms with Gasteiger partial charge in [-0.2, -0.15) is 0 Å². The number of benzene rings is 6. The van der Waals surface area contributed by atoms with Crippen LogP contribution >= 0.6 is 11.6 Å². The number of rotatable bonds is 18. The van der Waals surface area contributed by atoms with Gasteiger partial charge < -0.3 is 45.2 Å². The van der Waals surface area contributed by atoms with Gasteiger partial charge in [-0.1, -0.05) is 109 Å². The molecule has 0 bridgehead atoms. The van der Waals surface area contributed by atoms with E-state index >= 15 is 0 Å². The molecule has 10 aromatic rings. The van der Waals surface area contributed by atoms with Crippen LogP contribution in [0.1, 0.15) is 65.5 Å². The van der Waals surface area contributed by atoms with E-state index in [1.165, 1.54) is 0 Å². The van der Waals surface area contributed by atoms with E-state index < -0.39 is 11.7 Å². The largest absolute Gasteiger partial charge is 0.569 e. The minimum absolute atomic E-state index is 0.134. The Morgan fingerprint density at radius 3 is 1.57 bits per heavy atom. The second-order valence-electron chi connectivity index (χ2n) is 19.4. The number of nitrogens with one attached hydrogen (secondary N) is 3. The molecule has 6 aromatic carbocycles. The van der Waals surface area contributed by atoms with Crippen LogP contribution in [0.5, 0.6) is 5.75 Å². The fraction of sp³-hybridized carbons (Fsp3) is 0.197. The first-order valence-corrected chi connectivity index (χ1v) is 26.6. The molecule has 0 spiro atoms. The van der Waals surface area contributed by atoms with Crippen molar-refractivity contribution in [1.82, 2.24) is 55.0 Å². The van der Waals surface area contributed by atoms with E-state index in [0.29, 0.717) is 83.7 Å². The molecule has 1 radical (unpaired) electrons. The first-order chi connectivity index (χ1) is 39.3. The fourth-order valence-corrected chi connectivity index (χ4v) is 8.39. The lowest BCUT2D eigenvalue weighted by molar-refractivity contribution is 0.0523. The first-order valence-electron chi connectivity index (χ1n) is 26.2. The SMILES string of the molecule is CC(C)(C)OC(=O)NCc1ccc(-c2nc3ccc(C(=O)NCCCn4ccnc4)cc3nc2-c2ccccc2)cc1.NCc1ccc(O[B]O)cc1.O=C(NCCCn1ccnc1)c1ccc2nc(Cl)c(-c3ccccc3)nc2c1. The van der Waals surface area contributed by atoms with Crippen molar-refractivity contribution in [3.05, 3.63) is 210 Å². The first kappa shape index (κ1) is 57.9. The van der Waals surface area contributed by atoms with Crippen molar-refractivity contribution in [1.29, 1.82) is 0 Å². The normalized spacial score (nSPS) is 10.9. The predicted molar refractivity (Wildman–Crippen MR) is 315 cm³/mol. The van der Waals surface area contributed by atoms with Crippen molar-refractivity contribution in [2.24, 2.45) is 5.73 Å². The number of hydrogen-bond acceptors (Lipinski definition) is 13. The number of nitrogens with two attached hydrogens (primary N) is 1. The lowest BCUT2D eigenvalue weighted by Crippen LogP contribution is -2.32. The maximum Gasteiger partial charge on any atom is 0.569 e. The van der Waals surface area contributed by atoms with Gasteiger partial charge in [0.1, 0.15) is 11.3 Å². The second-order valence-corrected chi connectivity index (χ2v) is 19.7. The third-order valence-corrected chi connectivity index (χ3v) is 12.5. The number of amides is 3. The van der Waals surface area contributed by atoms with Gasteiger partial charge in [0.05, 0.1) is 51.9 Å². The Bertz CT molecular complexity index is 3630. The number of halogens is 1. The van der Waals surface area contributed by atoms with Gasteiger partial charge in [-0.05, 0) is 93.3 Å². The Balaban J connectivity index is 0.000000188. The highest BCUT2D eigenvalue weighted by Crippen LogP contribution is 2.32. The number of aromatic nitrogens is 8. The molecule has 6 N–H and O–H groups in total. The number of carbonyl (C=O) groups is 3. The molecule has 81 heavy (non-hydrogen) atoms. The zero-order valence-electron chi connectivity index (χ0n) is 45.1. The summed E-state index contributed by atoms with van der Waals surface area (Å²) >= 11 is 6.31.